The summed E-state index contributed by atoms with van der Waals surface area (Å²) in [5.74, 6) is -0.0427. The van der Waals surface area contributed by atoms with Crippen molar-refractivity contribution in [3.05, 3.63) is 46.1 Å². The lowest BCUT2D eigenvalue weighted by Gasteiger charge is -2.27. The van der Waals surface area contributed by atoms with Gasteiger partial charge in [-0.25, -0.2) is 9.69 Å². The fourth-order valence-electron chi connectivity index (χ4n) is 3.20. The average molecular weight is 476 g/mol. The minimum Gasteiger partial charge on any atom is -0.497 e. The molecule has 9 nitrogen and oxygen atoms in total. The van der Waals surface area contributed by atoms with Gasteiger partial charge in [-0.15, -0.1) is 0 Å². The van der Waals surface area contributed by atoms with Crippen LogP contribution in [-0.2, 0) is 14.3 Å². The van der Waals surface area contributed by atoms with Crippen LogP contribution in [0.15, 0.2) is 44.8 Å². The van der Waals surface area contributed by atoms with Gasteiger partial charge in [0.05, 0.1) is 30.5 Å². The van der Waals surface area contributed by atoms with Gasteiger partial charge in [-0.1, -0.05) is 0 Å². The Morgan fingerprint density at radius 3 is 2.50 bits per heavy atom. The van der Waals surface area contributed by atoms with Crippen molar-refractivity contribution in [2.75, 3.05) is 43.2 Å². The van der Waals surface area contributed by atoms with Crippen LogP contribution in [0.25, 0.3) is 6.08 Å². The van der Waals surface area contributed by atoms with E-state index in [1.54, 1.807) is 30.3 Å². The summed E-state index contributed by atoms with van der Waals surface area (Å²) in [6.45, 7) is 2.51. The number of carbonyl (C=O) groups excluding carboxylic acids is 3. The molecular formula is C20H18BrN3O6. The van der Waals surface area contributed by atoms with Gasteiger partial charge in [0.15, 0.2) is 0 Å². The van der Waals surface area contributed by atoms with E-state index < -0.39 is 17.8 Å². The van der Waals surface area contributed by atoms with Crippen LogP contribution in [0.4, 0.5) is 16.4 Å². The molecule has 4 rings (SSSR count). The van der Waals surface area contributed by atoms with E-state index in [4.69, 9.17) is 13.9 Å². The average Bonchev–Trinajstić information content (AvgIpc) is 3.12. The Bertz CT molecular complexity index is 1020. The molecule has 0 spiro atoms. The molecule has 2 aliphatic heterocycles. The van der Waals surface area contributed by atoms with Crippen LogP contribution in [0.3, 0.4) is 0 Å². The third-order valence-corrected chi connectivity index (χ3v) is 5.27. The van der Waals surface area contributed by atoms with Gasteiger partial charge in [0.1, 0.15) is 17.1 Å². The minimum atomic E-state index is -0.818. The molecule has 2 saturated heterocycles. The Labute approximate surface area is 180 Å². The molecule has 10 heteroatoms. The quantitative estimate of drug-likeness (QED) is 0.535. The van der Waals surface area contributed by atoms with Crippen LogP contribution in [0.2, 0.25) is 0 Å². The molecule has 0 aliphatic carbocycles. The fraction of sp³-hybridized carbons (Fsp3) is 0.250. The molecule has 3 heterocycles. The summed E-state index contributed by atoms with van der Waals surface area (Å²) in [7, 11) is 1.51. The Morgan fingerprint density at radius 2 is 1.83 bits per heavy atom. The number of ether oxygens (including phenoxy) is 2. The summed E-state index contributed by atoms with van der Waals surface area (Å²) in [6.07, 6.45) is 1.33. The normalized spacial score (nSPS) is 18.7. The first kappa shape index (κ1) is 20.2. The van der Waals surface area contributed by atoms with E-state index in [1.165, 1.54) is 13.2 Å². The lowest BCUT2D eigenvalue weighted by Crippen LogP contribution is -2.54. The first-order valence-corrected chi connectivity index (χ1v) is 9.95. The van der Waals surface area contributed by atoms with Gasteiger partial charge in [0.2, 0.25) is 5.88 Å². The summed E-state index contributed by atoms with van der Waals surface area (Å²) in [5.41, 5.74) is 0.103. The second-order valence-electron chi connectivity index (χ2n) is 6.56. The van der Waals surface area contributed by atoms with E-state index in [1.807, 2.05) is 4.90 Å². The molecule has 2 aromatic rings. The Hall–Kier alpha value is -3.11. The lowest BCUT2D eigenvalue weighted by molar-refractivity contribution is -0.122. The lowest BCUT2D eigenvalue weighted by atomic mass is 10.1. The molecule has 0 radical (unpaired) electrons. The number of benzene rings is 1. The molecule has 2 aliphatic rings. The van der Waals surface area contributed by atoms with Gasteiger partial charge in [-0.05, 0) is 46.3 Å². The van der Waals surface area contributed by atoms with Crippen molar-refractivity contribution in [2.45, 2.75) is 0 Å². The van der Waals surface area contributed by atoms with Crippen molar-refractivity contribution in [1.29, 1.82) is 0 Å². The van der Waals surface area contributed by atoms with E-state index in [0.717, 1.165) is 4.90 Å². The largest absolute Gasteiger partial charge is 0.497 e. The van der Waals surface area contributed by atoms with Gasteiger partial charge in [-0.2, -0.15) is 0 Å². The zero-order chi connectivity index (χ0) is 21.3. The minimum absolute atomic E-state index is 0.208. The molecule has 4 amide bonds. The molecule has 0 bridgehead atoms. The number of carbonyl (C=O) groups is 3. The summed E-state index contributed by atoms with van der Waals surface area (Å²) in [6, 6.07) is 7.21. The molecule has 30 heavy (non-hydrogen) atoms. The number of hydrogen-bond acceptors (Lipinski definition) is 7. The first-order chi connectivity index (χ1) is 14.5. The van der Waals surface area contributed by atoms with Crippen LogP contribution in [0.1, 0.15) is 5.76 Å². The number of amides is 4. The molecule has 0 saturated carbocycles. The zero-order valence-electron chi connectivity index (χ0n) is 16.0. The highest BCUT2D eigenvalue weighted by Crippen LogP contribution is 2.32. The summed E-state index contributed by atoms with van der Waals surface area (Å²) < 4.78 is 17.0. The zero-order valence-corrected chi connectivity index (χ0v) is 17.6. The van der Waals surface area contributed by atoms with E-state index in [-0.39, 0.29) is 5.57 Å². The van der Waals surface area contributed by atoms with Crippen LogP contribution < -0.4 is 19.9 Å². The van der Waals surface area contributed by atoms with E-state index in [9.17, 15) is 14.4 Å². The fourth-order valence-corrected chi connectivity index (χ4v) is 3.75. The second kappa shape index (κ2) is 8.33. The third kappa shape index (κ3) is 3.83. The summed E-state index contributed by atoms with van der Waals surface area (Å²) in [4.78, 5) is 40.5. The number of imide groups is 2. The van der Waals surface area contributed by atoms with Crippen molar-refractivity contribution < 1.29 is 28.3 Å². The highest BCUT2D eigenvalue weighted by Gasteiger charge is 2.37. The van der Waals surface area contributed by atoms with E-state index >= 15 is 0 Å². The molecule has 0 unspecified atom stereocenters. The van der Waals surface area contributed by atoms with Gasteiger partial charge in [0, 0.05) is 19.2 Å². The third-order valence-electron chi connectivity index (χ3n) is 4.71. The van der Waals surface area contributed by atoms with Gasteiger partial charge in [0.25, 0.3) is 11.8 Å². The smallest absolute Gasteiger partial charge is 0.335 e. The maximum absolute atomic E-state index is 13.0. The van der Waals surface area contributed by atoms with Crippen molar-refractivity contribution in [3.63, 3.8) is 0 Å². The van der Waals surface area contributed by atoms with Gasteiger partial charge in [-0.3, -0.25) is 14.9 Å². The number of anilines is 2. The van der Waals surface area contributed by atoms with Crippen LogP contribution in [0, 0.1) is 0 Å². The van der Waals surface area contributed by atoms with E-state index in [2.05, 4.69) is 21.2 Å². The number of nitrogens with one attached hydrogen (secondary N) is 1. The maximum Gasteiger partial charge on any atom is 0.335 e. The SMILES string of the molecule is COc1ccc(N2C(=O)NC(=O)C(=Cc3cc(Br)c(N4CCOCC4)o3)C2=O)cc1. The molecule has 1 aromatic carbocycles. The molecule has 156 valence electrons. The second-order valence-corrected chi connectivity index (χ2v) is 7.41. The molecular weight excluding hydrogens is 458 g/mol. The Balaban J connectivity index is 1.64. The Kier molecular flexibility index (Phi) is 5.60. The predicted octanol–water partition coefficient (Wildman–Crippen LogP) is 2.55. The number of morpholine rings is 1. The number of halogens is 1. The molecule has 0 atom stereocenters. The highest BCUT2D eigenvalue weighted by atomic mass is 79.9. The number of hydrogen-bond donors (Lipinski definition) is 1. The molecule has 2 fully saturated rings. The predicted molar refractivity (Wildman–Crippen MR) is 111 cm³/mol. The number of methoxy groups -OCH3 is 1. The Morgan fingerprint density at radius 1 is 1.13 bits per heavy atom. The molecule has 1 N–H and O–H groups in total. The van der Waals surface area contributed by atoms with Crippen LogP contribution in [0.5, 0.6) is 5.75 Å². The number of furan rings is 1. The van der Waals surface area contributed by atoms with Crippen molar-refractivity contribution >= 4 is 51.4 Å². The number of barbiturate groups is 1. The number of nitrogens with zero attached hydrogens (tertiary/aromatic N) is 2. The van der Waals surface area contributed by atoms with Crippen molar-refractivity contribution in [3.8, 4) is 5.75 Å². The van der Waals surface area contributed by atoms with E-state index in [0.29, 0.717) is 53.9 Å². The van der Waals surface area contributed by atoms with Crippen LogP contribution >= 0.6 is 15.9 Å². The summed E-state index contributed by atoms with van der Waals surface area (Å²) in [5, 5.41) is 2.19. The van der Waals surface area contributed by atoms with Gasteiger partial charge < -0.3 is 18.8 Å². The number of rotatable bonds is 4. The van der Waals surface area contributed by atoms with Gasteiger partial charge >= 0.3 is 6.03 Å². The maximum atomic E-state index is 13.0. The highest BCUT2D eigenvalue weighted by molar-refractivity contribution is 9.10. The number of urea groups is 1. The standard InChI is InChI=1S/C20H18BrN3O6/c1-28-13-4-2-12(3-5-13)24-18(26)15(17(25)22-20(24)27)10-14-11-16(21)19(30-14)23-6-8-29-9-7-23/h2-5,10-11H,6-9H2,1H3,(H,22,25,27). The monoisotopic (exact) mass is 475 g/mol. The topological polar surface area (TPSA) is 101 Å². The van der Waals surface area contributed by atoms with Crippen molar-refractivity contribution in [2.24, 2.45) is 0 Å². The van der Waals surface area contributed by atoms with Crippen molar-refractivity contribution in [1.82, 2.24) is 5.32 Å². The summed E-state index contributed by atoms with van der Waals surface area (Å²) >= 11 is 3.45. The first-order valence-electron chi connectivity index (χ1n) is 9.15. The van der Waals surface area contributed by atoms with Crippen LogP contribution in [-0.4, -0.2) is 51.3 Å². The molecule has 1 aromatic heterocycles.